The van der Waals surface area contributed by atoms with E-state index in [0.29, 0.717) is 6.54 Å². The van der Waals surface area contributed by atoms with E-state index < -0.39 is 0 Å². The molecule has 78 valence electrons. The number of nitrogens with two attached hydrogens (primary N) is 1. The maximum Gasteiger partial charge on any atom is 0.233 e. The summed E-state index contributed by atoms with van der Waals surface area (Å²) in [5.41, 5.74) is 5.47. The number of hydrogen-bond donors (Lipinski definition) is 1. The number of likely N-dealkylation sites (tertiary alicyclic amines) is 1. The van der Waals surface area contributed by atoms with Crippen LogP contribution in [0, 0.1) is 17.3 Å². The topological polar surface area (TPSA) is 63.4 Å². The monoisotopic (exact) mass is 196 g/mol. The highest BCUT2D eigenvalue weighted by Gasteiger charge is 2.72. The van der Waals surface area contributed by atoms with E-state index in [9.17, 15) is 9.59 Å². The standard InChI is InChI=1S/C10H16N2O2/c1-5(11)4-12-8(13)6-7(9(12)14)10(6,2)3/h5-7H,4,11H2,1-3H3. The average Bonchev–Trinajstić information content (AvgIpc) is 2.51. The molecular formula is C10H16N2O2. The Kier molecular flexibility index (Phi) is 1.77. The first-order chi connectivity index (χ1) is 6.37. The van der Waals surface area contributed by atoms with E-state index in [4.69, 9.17) is 5.73 Å². The Bertz CT molecular complexity index is 285. The van der Waals surface area contributed by atoms with Crippen LogP contribution in [0.4, 0.5) is 0 Å². The van der Waals surface area contributed by atoms with Crippen molar-refractivity contribution in [2.75, 3.05) is 6.54 Å². The minimum Gasteiger partial charge on any atom is -0.326 e. The second-order valence-electron chi connectivity index (χ2n) is 5.04. The first kappa shape index (κ1) is 9.65. The third-order valence-electron chi connectivity index (χ3n) is 3.36. The molecule has 14 heavy (non-hydrogen) atoms. The van der Waals surface area contributed by atoms with Crippen molar-refractivity contribution in [3.8, 4) is 0 Å². The van der Waals surface area contributed by atoms with Gasteiger partial charge in [-0.1, -0.05) is 13.8 Å². The van der Waals surface area contributed by atoms with Gasteiger partial charge >= 0.3 is 0 Å². The summed E-state index contributed by atoms with van der Waals surface area (Å²) in [5, 5.41) is 0. The highest BCUT2D eigenvalue weighted by Crippen LogP contribution is 2.63. The molecule has 1 heterocycles. The summed E-state index contributed by atoms with van der Waals surface area (Å²) in [6.07, 6.45) is 0. The van der Waals surface area contributed by atoms with Gasteiger partial charge < -0.3 is 5.73 Å². The first-order valence-electron chi connectivity index (χ1n) is 4.98. The quantitative estimate of drug-likeness (QED) is 0.631. The molecule has 0 aromatic carbocycles. The Labute approximate surface area is 83.4 Å². The Morgan fingerprint density at radius 1 is 1.36 bits per heavy atom. The van der Waals surface area contributed by atoms with Crippen molar-refractivity contribution in [1.29, 1.82) is 0 Å². The van der Waals surface area contributed by atoms with Crippen molar-refractivity contribution in [2.45, 2.75) is 26.8 Å². The van der Waals surface area contributed by atoms with Gasteiger partial charge in [-0.05, 0) is 12.3 Å². The van der Waals surface area contributed by atoms with E-state index in [1.165, 1.54) is 4.90 Å². The molecule has 0 aromatic heterocycles. The van der Waals surface area contributed by atoms with Crippen molar-refractivity contribution in [3.05, 3.63) is 0 Å². The minimum atomic E-state index is -0.136. The molecule has 2 N–H and O–H groups in total. The van der Waals surface area contributed by atoms with Crippen LogP contribution in [0.2, 0.25) is 0 Å². The molecule has 3 atom stereocenters. The smallest absolute Gasteiger partial charge is 0.233 e. The van der Waals surface area contributed by atoms with Gasteiger partial charge in [-0.15, -0.1) is 0 Å². The molecule has 1 saturated carbocycles. The second-order valence-corrected chi connectivity index (χ2v) is 5.04. The number of carbonyl (C=O) groups is 2. The van der Waals surface area contributed by atoms with Gasteiger partial charge in [0.2, 0.25) is 11.8 Å². The van der Waals surface area contributed by atoms with Gasteiger partial charge in [0, 0.05) is 12.6 Å². The largest absolute Gasteiger partial charge is 0.326 e. The molecule has 1 aliphatic carbocycles. The number of nitrogens with zero attached hydrogens (tertiary/aromatic N) is 1. The maximum absolute atomic E-state index is 11.8. The van der Waals surface area contributed by atoms with Gasteiger partial charge in [0.15, 0.2) is 0 Å². The number of hydrogen-bond acceptors (Lipinski definition) is 3. The minimum absolute atomic E-state index is 0.0256. The van der Waals surface area contributed by atoms with Crippen LogP contribution >= 0.6 is 0 Å². The van der Waals surface area contributed by atoms with Crippen molar-refractivity contribution >= 4 is 11.8 Å². The molecule has 1 aliphatic heterocycles. The lowest BCUT2D eigenvalue weighted by Gasteiger charge is -2.21. The van der Waals surface area contributed by atoms with Gasteiger partial charge in [-0.3, -0.25) is 14.5 Å². The Morgan fingerprint density at radius 3 is 2.14 bits per heavy atom. The molecule has 2 rings (SSSR count). The van der Waals surface area contributed by atoms with Gasteiger partial charge in [-0.2, -0.15) is 0 Å². The van der Waals surface area contributed by atoms with E-state index in [2.05, 4.69) is 0 Å². The van der Waals surface area contributed by atoms with E-state index in [1.54, 1.807) is 6.92 Å². The van der Waals surface area contributed by atoms with Crippen LogP contribution in [0.5, 0.6) is 0 Å². The van der Waals surface area contributed by atoms with Gasteiger partial charge in [0.25, 0.3) is 0 Å². The third kappa shape index (κ3) is 1.03. The van der Waals surface area contributed by atoms with Crippen LogP contribution < -0.4 is 5.73 Å². The fourth-order valence-electron chi connectivity index (χ4n) is 2.47. The molecule has 2 amide bonds. The number of fused-ring (bicyclic) bond motifs is 1. The summed E-state index contributed by atoms with van der Waals surface area (Å²) < 4.78 is 0. The van der Waals surface area contributed by atoms with Crippen molar-refractivity contribution in [2.24, 2.45) is 23.0 Å². The molecule has 2 fully saturated rings. The van der Waals surface area contributed by atoms with Gasteiger partial charge in [0.05, 0.1) is 11.8 Å². The van der Waals surface area contributed by atoms with Crippen LogP contribution in [0.15, 0.2) is 0 Å². The van der Waals surface area contributed by atoms with E-state index in [0.717, 1.165) is 0 Å². The predicted octanol–water partition coefficient (Wildman–Crippen LogP) is -0.0254. The molecule has 0 aromatic rings. The normalized spacial score (nSPS) is 35.9. The molecule has 0 radical (unpaired) electrons. The number of imide groups is 1. The van der Waals surface area contributed by atoms with Crippen LogP contribution in [-0.4, -0.2) is 29.3 Å². The van der Waals surface area contributed by atoms with Crippen LogP contribution in [0.25, 0.3) is 0 Å². The number of amides is 2. The molecule has 1 saturated heterocycles. The first-order valence-corrected chi connectivity index (χ1v) is 4.98. The lowest BCUT2D eigenvalue weighted by Crippen LogP contribution is -2.42. The zero-order valence-corrected chi connectivity index (χ0v) is 8.78. The summed E-state index contributed by atoms with van der Waals surface area (Å²) in [5.74, 6) is -0.202. The molecule has 2 aliphatic rings. The number of carbonyl (C=O) groups excluding carboxylic acids is 2. The molecule has 0 spiro atoms. The Morgan fingerprint density at radius 2 is 1.79 bits per heavy atom. The van der Waals surface area contributed by atoms with Crippen molar-refractivity contribution < 1.29 is 9.59 Å². The van der Waals surface area contributed by atoms with E-state index in [1.807, 2.05) is 13.8 Å². The second kappa shape index (κ2) is 2.57. The zero-order chi connectivity index (χ0) is 10.7. The highest BCUT2D eigenvalue weighted by molar-refractivity contribution is 6.10. The molecular weight excluding hydrogens is 180 g/mol. The van der Waals surface area contributed by atoms with E-state index in [-0.39, 0.29) is 35.1 Å². The SMILES string of the molecule is CC(N)CN1C(=O)C2C(C1=O)C2(C)C. The highest BCUT2D eigenvalue weighted by atomic mass is 16.2. The summed E-state index contributed by atoms with van der Waals surface area (Å²) in [6.45, 7) is 6.11. The lowest BCUT2D eigenvalue weighted by atomic mass is 10.1. The summed E-state index contributed by atoms with van der Waals surface area (Å²) in [6, 6.07) is -0.136. The average molecular weight is 196 g/mol. The lowest BCUT2D eigenvalue weighted by molar-refractivity contribution is -0.143. The van der Waals surface area contributed by atoms with Crippen molar-refractivity contribution in [3.63, 3.8) is 0 Å². The zero-order valence-electron chi connectivity index (χ0n) is 8.78. The Balaban J connectivity index is 2.14. The molecule has 4 heteroatoms. The van der Waals surface area contributed by atoms with Crippen molar-refractivity contribution in [1.82, 2.24) is 4.90 Å². The van der Waals surface area contributed by atoms with Gasteiger partial charge in [-0.25, -0.2) is 0 Å². The number of piperidine rings is 1. The molecule has 3 unspecified atom stereocenters. The summed E-state index contributed by atoms with van der Waals surface area (Å²) >= 11 is 0. The Hall–Kier alpha value is -0.900. The third-order valence-corrected chi connectivity index (χ3v) is 3.36. The summed E-state index contributed by atoms with van der Waals surface area (Å²) in [4.78, 5) is 24.8. The van der Waals surface area contributed by atoms with Crippen LogP contribution in [0.3, 0.4) is 0 Å². The van der Waals surface area contributed by atoms with Crippen LogP contribution in [-0.2, 0) is 9.59 Å². The van der Waals surface area contributed by atoms with Crippen LogP contribution in [0.1, 0.15) is 20.8 Å². The number of rotatable bonds is 2. The maximum atomic E-state index is 11.8. The van der Waals surface area contributed by atoms with Gasteiger partial charge in [0.1, 0.15) is 0 Å². The fraction of sp³-hybridized carbons (Fsp3) is 0.800. The molecule has 0 bridgehead atoms. The molecule has 4 nitrogen and oxygen atoms in total. The van der Waals surface area contributed by atoms with E-state index >= 15 is 0 Å². The fourth-order valence-corrected chi connectivity index (χ4v) is 2.47. The predicted molar refractivity (Wildman–Crippen MR) is 51.1 cm³/mol. The summed E-state index contributed by atoms with van der Waals surface area (Å²) in [7, 11) is 0.